The zero-order valence-corrected chi connectivity index (χ0v) is 19.8. The van der Waals surface area contributed by atoms with Gasteiger partial charge in [0.05, 0.1) is 42.2 Å². The number of pyridine rings is 1. The van der Waals surface area contributed by atoms with Gasteiger partial charge in [0.2, 0.25) is 0 Å². The number of methoxy groups -OCH3 is 1. The zero-order chi connectivity index (χ0) is 19.6. The Morgan fingerprint density at radius 2 is 2.04 bits per heavy atom. The average molecular weight is 413 g/mol. The molecule has 9 heteroatoms. The molecular formula is C19H24N3NaO4S. The monoisotopic (exact) mass is 413 g/mol. The quantitative estimate of drug-likeness (QED) is 0.331. The van der Waals surface area contributed by atoms with Crippen molar-refractivity contribution in [1.82, 2.24) is 15.0 Å². The summed E-state index contributed by atoms with van der Waals surface area (Å²) in [6.07, 6.45) is 6.09. The van der Waals surface area contributed by atoms with Crippen LogP contribution in [-0.2, 0) is 15.5 Å². The number of rotatable bonds is 7. The van der Waals surface area contributed by atoms with Gasteiger partial charge in [0.1, 0.15) is 5.75 Å². The van der Waals surface area contributed by atoms with Gasteiger partial charge in [-0.1, -0.05) is 19.3 Å². The topological polar surface area (TPSA) is 86.3 Å². The molecule has 1 unspecified atom stereocenters. The van der Waals surface area contributed by atoms with E-state index < -0.39 is 10.8 Å². The number of aryl methyl sites for hydroxylation is 1. The molecule has 0 saturated heterocycles. The second kappa shape index (κ2) is 12.9. The van der Waals surface area contributed by atoms with Gasteiger partial charge in [0.25, 0.3) is 0 Å². The predicted octanol–water partition coefficient (Wildman–Crippen LogP) is -0.0816. The van der Waals surface area contributed by atoms with Gasteiger partial charge in [-0.25, -0.2) is 4.98 Å². The van der Waals surface area contributed by atoms with Gasteiger partial charge in [0.15, 0.2) is 5.16 Å². The number of fused-ring (bicyclic) bond motifs is 1. The van der Waals surface area contributed by atoms with Crippen LogP contribution in [0.3, 0.4) is 0 Å². The molecule has 2 heterocycles. The first-order valence-corrected chi connectivity index (χ1v) is 10.0. The predicted molar refractivity (Wildman–Crippen MR) is 105 cm³/mol. The molecule has 0 aliphatic carbocycles. The first kappa shape index (κ1) is 24.6. The molecule has 0 aliphatic rings. The summed E-state index contributed by atoms with van der Waals surface area (Å²) < 4.78 is 26.8. The average Bonchev–Trinajstić information content (AvgIpc) is 3.10. The summed E-state index contributed by atoms with van der Waals surface area (Å²) in [7, 11) is 0.530. The number of imidazole rings is 1. The molecule has 0 radical (unpaired) electrons. The fourth-order valence-corrected chi connectivity index (χ4v) is 2.64. The van der Waals surface area contributed by atoms with Gasteiger partial charge < -0.3 is 24.2 Å². The van der Waals surface area contributed by atoms with Crippen molar-refractivity contribution in [2.75, 3.05) is 33.2 Å². The number of hydrogen-bond acceptors (Lipinski definition) is 6. The Morgan fingerprint density at radius 1 is 1.25 bits per heavy atom. The SMILES string of the molecule is CCOCCOc1ccn[c-]c1C.COc1ccc2nc(S(C)=O)[nH]c2c1.[Na+]. The normalized spacial score (nSPS) is 11.1. The first-order chi connectivity index (χ1) is 13.0. The van der Waals surface area contributed by atoms with Crippen molar-refractivity contribution in [3.63, 3.8) is 0 Å². The number of nitrogens with one attached hydrogen (secondary N) is 1. The number of aromatic amines is 1. The van der Waals surface area contributed by atoms with Gasteiger partial charge in [-0.2, -0.15) is 0 Å². The van der Waals surface area contributed by atoms with E-state index in [9.17, 15) is 4.21 Å². The maximum absolute atomic E-state index is 11.2. The zero-order valence-electron chi connectivity index (χ0n) is 16.9. The van der Waals surface area contributed by atoms with E-state index in [-0.39, 0.29) is 29.6 Å². The van der Waals surface area contributed by atoms with Crippen LogP contribution < -0.4 is 39.0 Å². The standard InChI is InChI=1S/C10H14NO2.C9H10N2O2S.Na/c1-3-12-6-7-13-10-4-5-11-8-9(10)2;1-13-6-3-4-7-8(5-6)11-9(10-7)14(2)12;/h4-5H,3,6-7H2,1-2H3;3-5H,1-2H3,(H,10,11);/q-1;;+1. The molecule has 28 heavy (non-hydrogen) atoms. The summed E-state index contributed by atoms with van der Waals surface area (Å²) in [5.41, 5.74) is 2.57. The smallest absolute Gasteiger partial charge is 0.548 e. The van der Waals surface area contributed by atoms with Crippen molar-refractivity contribution in [2.45, 2.75) is 19.0 Å². The molecule has 0 fully saturated rings. The Hall–Kier alpha value is -1.45. The van der Waals surface area contributed by atoms with Crippen molar-refractivity contribution in [3.05, 3.63) is 42.2 Å². The number of aromatic nitrogens is 3. The van der Waals surface area contributed by atoms with Gasteiger partial charge in [-0.3, -0.25) is 4.21 Å². The minimum absolute atomic E-state index is 0. The van der Waals surface area contributed by atoms with Crippen LogP contribution >= 0.6 is 0 Å². The minimum Gasteiger partial charge on any atom is -0.548 e. The molecule has 2 aromatic heterocycles. The van der Waals surface area contributed by atoms with Crippen LogP contribution in [0.25, 0.3) is 11.0 Å². The second-order valence-corrected chi connectivity index (χ2v) is 6.77. The van der Waals surface area contributed by atoms with E-state index >= 15 is 0 Å². The van der Waals surface area contributed by atoms with E-state index in [1.807, 2.05) is 38.1 Å². The maximum atomic E-state index is 11.2. The number of nitrogens with zero attached hydrogens (tertiary/aromatic N) is 2. The van der Waals surface area contributed by atoms with Crippen LogP contribution in [0.15, 0.2) is 35.6 Å². The summed E-state index contributed by atoms with van der Waals surface area (Å²) in [5.74, 6) is 1.59. The molecule has 0 aliphatic heterocycles. The Kier molecular flexibility index (Phi) is 11.3. The van der Waals surface area contributed by atoms with E-state index in [0.717, 1.165) is 34.7 Å². The molecule has 1 N–H and O–H groups in total. The molecule has 3 rings (SSSR count). The van der Waals surface area contributed by atoms with E-state index in [0.29, 0.717) is 18.4 Å². The second-order valence-electron chi connectivity index (χ2n) is 5.47. The Labute approximate surface area is 190 Å². The van der Waals surface area contributed by atoms with Crippen LogP contribution in [-0.4, -0.2) is 52.3 Å². The van der Waals surface area contributed by atoms with Crippen molar-refractivity contribution in [3.8, 4) is 11.5 Å². The Balaban J connectivity index is 0.000000271. The van der Waals surface area contributed by atoms with Crippen molar-refractivity contribution >= 4 is 21.8 Å². The molecule has 0 amide bonds. The molecule has 0 spiro atoms. The van der Waals surface area contributed by atoms with Gasteiger partial charge in [-0.15, -0.1) is 11.6 Å². The van der Waals surface area contributed by atoms with Crippen molar-refractivity contribution in [1.29, 1.82) is 0 Å². The Bertz CT molecular complexity index is 888. The van der Waals surface area contributed by atoms with Crippen LogP contribution in [0.4, 0.5) is 0 Å². The molecule has 3 aromatic rings. The fraction of sp³-hybridized carbons (Fsp3) is 0.368. The van der Waals surface area contributed by atoms with Crippen LogP contribution in [0.2, 0.25) is 0 Å². The number of ether oxygens (including phenoxy) is 3. The van der Waals surface area contributed by atoms with E-state index in [1.54, 1.807) is 19.6 Å². The number of benzene rings is 1. The third-order valence-electron chi connectivity index (χ3n) is 3.53. The van der Waals surface area contributed by atoms with Gasteiger partial charge in [-0.05, 0) is 19.1 Å². The summed E-state index contributed by atoms with van der Waals surface area (Å²) in [5, 5.41) is 0.494. The van der Waals surface area contributed by atoms with Crippen molar-refractivity contribution in [2.24, 2.45) is 0 Å². The molecule has 0 bridgehead atoms. The summed E-state index contributed by atoms with van der Waals surface area (Å²) >= 11 is 0. The summed E-state index contributed by atoms with van der Waals surface area (Å²) in [4.78, 5) is 11.0. The van der Waals surface area contributed by atoms with Crippen molar-refractivity contribution < 1.29 is 48.0 Å². The molecular weight excluding hydrogens is 389 g/mol. The van der Waals surface area contributed by atoms with E-state index in [1.165, 1.54) is 0 Å². The summed E-state index contributed by atoms with van der Waals surface area (Å²) in [6.45, 7) is 5.81. The number of hydrogen-bond donors (Lipinski definition) is 1. The van der Waals surface area contributed by atoms with Gasteiger partial charge in [0, 0.05) is 24.7 Å². The maximum Gasteiger partial charge on any atom is 1.00 e. The van der Waals surface area contributed by atoms with Crippen LogP contribution in [0.1, 0.15) is 12.5 Å². The molecule has 1 atom stereocenters. The fourth-order valence-electron chi connectivity index (χ4n) is 2.16. The van der Waals surface area contributed by atoms with Crippen LogP contribution in [0.5, 0.6) is 11.5 Å². The third-order valence-corrected chi connectivity index (χ3v) is 4.27. The molecule has 7 nitrogen and oxygen atoms in total. The molecule has 146 valence electrons. The summed E-state index contributed by atoms with van der Waals surface area (Å²) in [6, 6.07) is 7.32. The van der Waals surface area contributed by atoms with E-state index in [4.69, 9.17) is 14.2 Å². The largest absolute Gasteiger partial charge is 1.00 e. The number of H-pyrrole nitrogens is 1. The van der Waals surface area contributed by atoms with Crippen LogP contribution in [0, 0.1) is 13.1 Å². The third kappa shape index (κ3) is 7.52. The minimum atomic E-state index is -1.08. The first-order valence-electron chi connectivity index (χ1n) is 8.46. The Morgan fingerprint density at radius 3 is 2.68 bits per heavy atom. The van der Waals surface area contributed by atoms with Gasteiger partial charge >= 0.3 is 29.6 Å². The molecule has 1 aromatic carbocycles. The van der Waals surface area contributed by atoms with E-state index in [2.05, 4.69) is 21.1 Å². The molecule has 0 saturated carbocycles.